The van der Waals surface area contributed by atoms with E-state index in [1.54, 1.807) is 7.11 Å². The Morgan fingerprint density at radius 3 is 3.21 bits per heavy atom. The highest BCUT2D eigenvalue weighted by atomic mass is 16.5. The fraction of sp³-hybridized carbons (Fsp3) is 0.500. The number of nitrogens with one attached hydrogen (secondary N) is 1. The van der Waals surface area contributed by atoms with Gasteiger partial charge in [0, 0.05) is 25.9 Å². The van der Waals surface area contributed by atoms with E-state index in [1.807, 2.05) is 0 Å². The first kappa shape index (κ1) is 9.53. The minimum atomic E-state index is 0.852. The molecule has 0 aliphatic carbocycles. The van der Waals surface area contributed by atoms with E-state index >= 15 is 0 Å². The molecule has 0 radical (unpaired) electrons. The van der Waals surface area contributed by atoms with Crippen molar-refractivity contribution in [2.75, 3.05) is 25.6 Å². The van der Waals surface area contributed by atoms with Gasteiger partial charge < -0.3 is 10.1 Å². The molecule has 2 rings (SSSR count). The number of anilines is 1. The highest BCUT2D eigenvalue weighted by Gasteiger charge is 2.09. The fourth-order valence-electron chi connectivity index (χ4n) is 1.91. The van der Waals surface area contributed by atoms with Crippen LogP contribution in [-0.2, 0) is 17.6 Å². The first-order chi connectivity index (χ1) is 6.90. The molecule has 2 heteroatoms. The predicted molar refractivity (Wildman–Crippen MR) is 58.8 cm³/mol. The Morgan fingerprint density at radius 1 is 1.43 bits per heavy atom. The molecule has 1 N–H and O–H groups in total. The molecule has 1 aliphatic rings. The van der Waals surface area contributed by atoms with Crippen LogP contribution >= 0.6 is 0 Å². The van der Waals surface area contributed by atoms with E-state index in [1.165, 1.54) is 23.2 Å². The van der Waals surface area contributed by atoms with Crippen molar-refractivity contribution >= 4 is 5.69 Å². The third-order valence-electron chi connectivity index (χ3n) is 2.70. The Labute approximate surface area is 85.3 Å². The zero-order valence-electron chi connectivity index (χ0n) is 8.68. The predicted octanol–water partition coefficient (Wildman–Crippen LogP) is 2.23. The standard InChI is InChI=1S/C12H17NO/c1-14-8-2-3-10-4-5-11-6-7-13-12(11)9-10/h4-5,9,13H,2-3,6-8H2,1H3. The van der Waals surface area contributed by atoms with E-state index in [0.717, 1.165) is 26.0 Å². The van der Waals surface area contributed by atoms with Gasteiger partial charge in [0.1, 0.15) is 0 Å². The zero-order valence-corrected chi connectivity index (χ0v) is 8.68. The smallest absolute Gasteiger partial charge is 0.0465 e. The Hall–Kier alpha value is -1.02. The molecule has 14 heavy (non-hydrogen) atoms. The molecule has 0 aromatic heterocycles. The van der Waals surface area contributed by atoms with Crippen LogP contribution in [0.3, 0.4) is 0 Å². The van der Waals surface area contributed by atoms with Crippen LogP contribution in [0.2, 0.25) is 0 Å². The van der Waals surface area contributed by atoms with Gasteiger partial charge in [0.15, 0.2) is 0 Å². The highest BCUT2D eigenvalue weighted by Crippen LogP contribution is 2.23. The van der Waals surface area contributed by atoms with Gasteiger partial charge in [-0.3, -0.25) is 0 Å². The Morgan fingerprint density at radius 2 is 2.36 bits per heavy atom. The summed E-state index contributed by atoms with van der Waals surface area (Å²) in [6.07, 6.45) is 3.39. The lowest BCUT2D eigenvalue weighted by molar-refractivity contribution is 0.195. The topological polar surface area (TPSA) is 21.3 Å². The lowest BCUT2D eigenvalue weighted by Gasteiger charge is -2.04. The monoisotopic (exact) mass is 191 g/mol. The average molecular weight is 191 g/mol. The number of hydrogen-bond acceptors (Lipinski definition) is 2. The van der Waals surface area contributed by atoms with E-state index < -0.39 is 0 Å². The molecule has 0 amide bonds. The van der Waals surface area contributed by atoms with Crippen LogP contribution in [0.1, 0.15) is 17.5 Å². The molecule has 0 saturated heterocycles. The summed E-state index contributed by atoms with van der Waals surface area (Å²) in [5, 5.41) is 3.40. The van der Waals surface area contributed by atoms with Crippen LogP contribution in [-0.4, -0.2) is 20.3 Å². The van der Waals surface area contributed by atoms with Gasteiger partial charge in [-0.1, -0.05) is 12.1 Å². The molecule has 0 atom stereocenters. The normalized spacial score (nSPS) is 13.8. The minimum Gasteiger partial charge on any atom is -0.385 e. The van der Waals surface area contributed by atoms with Crippen molar-refractivity contribution in [3.8, 4) is 0 Å². The van der Waals surface area contributed by atoms with Gasteiger partial charge in [0.25, 0.3) is 0 Å². The van der Waals surface area contributed by atoms with Crippen molar-refractivity contribution in [3.05, 3.63) is 29.3 Å². The number of ether oxygens (including phenoxy) is 1. The lowest BCUT2D eigenvalue weighted by Crippen LogP contribution is -1.94. The summed E-state index contributed by atoms with van der Waals surface area (Å²) in [5.74, 6) is 0. The van der Waals surface area contributed by atoms with Crippen LogP contribution in [0.5, 0.6) is 0 Å². The van der Waals surface area contributed by atoms with E-state index in [9.17, 15) is 0 Å². The van der Waals surface area contributed by atoms with Crippen LogP contribution in [0.4, 0.5) is 5.69 Å². The molecular weight excluding hydrogens is 174 g/mol. The summed E-state index contributed by atoms with van der Waals surface area (Å²) in [4.78, 5) is 0. The number of aryl methyl sites for hydroxylation is 1. The van der Waals surface area contributed by atoms with Gasteiger partial charge >= 0.3 is 0 Å². The van der Waals surface area contributed by atoms with E-state index in [4.69, 9.17) is 4.74 Å². The van der Waals surface area contributed by atoms with Crippen LogP contribution in [0, 0.1) is 0 Å². The number of hydrogen-bond donors (Lipinski definition) is 1. The second-order valence-electron chi connectivity index (χ2n) is 3.76. The maximum absolute atomic E-state index is 5.04. The first-order valence-electron chi connectivity index (χ1n) is 5.25. The molecule has 76 valence electrons. The van der Waals surface area contributed by atoms with Gasteiger partial charge in [-0.25, -0.2) is 0 Å². The number of methoxy groups -OCH3 is 1. The molecule has 0 saturated carbocycles. The Kier molecular flexibility index (Phi) is 3.04. The molecule has 0 unspecified atom stereocenters. The molecule has 1 aromatic rings. The molecule has 0 bridgehead atoms. The van der Waals surface area contributed by atoms with E-state index in [2.05, 4.69) is 23.5 Å². The number of fused-ring (bicyclic) bond motifs is 1. The maximum Gasteiger partial charge on any atom is 0.0465 e. The van der Waals surface area contributed by atoms with Crippen molar-refractivity contribution in [2.45, 2.75) is 19.3 Å². The second-order valence-corrected chi connectivity index (χ2v) is 3.76. The third-order valence-corrected chi connectivity index (χ3v) is 2.70. The van der Waals surface area contributed by atoms with Crippen molar-refractivity contribution in [1.82, 2.24) is 0 Å². The zero-order chi connectivity index (χ0) is 9.80. The number of rotatable bonds is 4. The van der Waals surface area contributed by atoms with Crippen LogP contribution < -0.4 is 5.32 Å². The summed E-state index contributed by atoms with van der Waals surface area (Å²) in [5.41, 5.74) is 4.20. The fourth-order valence-corrected chi connectivity index (χ4v) is 1.91. The minimum absolute atomic E-state index is 0.852. The van der Waals surface area contributed by atoms with Gasteiger partial charge in [-0.05, 0) is 36.5 Å². The quantitative estimate of drug-likeness (QED) is 0.737. The summed E-state index contributed by atoms with van der Waals surface area (Å²) < 4.78 is 5.04. The van der Waals surface area contributed by atoms with Crippen molar-refractivity contribution in [3.63, 3.8) is 0 Å². The maximum atomic E-state index is 5.04. The molecule has 1 aromatic carbocycles. The SMILES string of the molecule is COCCCc1ccc2c(c1)NCC2. The molecule has 1 aliphatic heterocycles. The third kappa shape index (κ3) is 2.07. The Balaban J connectivity index is 1.98. The van der Waals surface area contributed by atoms with Gasteiger partial charge in [-0.2, -0.15) is 0 Å². The molecule has 1 heterocycles. The summed E-state index contributed by atoms with van der Waals surface area (Å²) in [7, 11) is 1.75. The molecule has 2 nitrogen and oxygen atoms in total. The van der Waals surface area contributed by atoms with Crippen LogP contribution in [0.25, 0.3) is 0 Å². The second kappa shape index (κ2) is 4.47. The van der Waals surface area contributed by atoms with Gasteiger partial charge in [-0.15, -0.1) is 0 Å². The molecule has 0 fully saturated rings. The van der Waals surface area contributed by atoms with E-state index in [-0.39, 0.29) is 0 Å². The summed E-state index contributed by atoms with van der Waals surface area (Å²) >= 11 is 0. The molecular formula is C12H17NO. The van der Waals surface area contributed by atoms with Gasteiger partial charge in [0.05, 0.1) is 0 Å². The Bertz CT molecular complexity index is 309. The van der Waals surface area contributed by atoms with Crippen molar-refractivity contribution in [2.24, 2.45) is 0 Å². The first-order valence-corrected chi connectivity index (χ1v) is 5.25. The van der Waals surface area contributed by atoms with Crippen molar-refractivity contribution < 1.29 is 4.74 Å². The van der Waals surface area contributed by atoms with Crippen molar-refractivity contribution in [1.29, 1.82) is 0 Å². The van der Waals surface area contributed by atoms with Gasteiger partial charge in [0.2, 0.25) is 0 Å². The molecule has 0 spiro atoms. The van der Waals surface area contributed by atoms with E-state index in [0.29, 0.717) is 0 Å². The average Bonchev–Trinajstić information content (AvgIpc) is 2.65. The van der Waals surface area contributed by atoms with Crippen LogP contribution in [0.15, 0.2) is 18.2 Å². The summed E-state index contributed by atoms with van der Waals surface area (Å²) in [6, 6.07) is 6.76. The lowest BCUT2D eigenvalue weighted by atomic mass is 10.1. The highest BCUT2D eigenvalue weighted by molar-refractivity contribution is 5.57. The largest absolute Gasteiger partial charge is 0.385 e. The summed E-state index contributed by atoms with van der Waals surface area (Å²) in [6.45, 7) is 1.95. The number of benzene rings is 1.